The molecule has 0 aliphatic heterocycles. The minimum absolute atomic E-state index is 1.02. The van der Waals surface area contributed by atoms with Crippen LogP contribution in [-0.2, 0) is 0 Å². The molecule has 0 N–H and O–H groups in total. The largest absolute Gasteiger partial charge is 0.309 e. The van der Waals surface area contributed by atoms with Crippen LogP contribution in [-0.4, -0.2) is 14.1 Å². The minimum Gasteiger partial charge on any atom is -0.309 e. The summed E-state index contributed by atoms with van der Waals surface area (Å²) in [4.78, 5) is 5.35. The van der Waals surface area contributed by atoms with E-state index in [4.69, 9.17) is 4.98 Å². The van der Waals surface area contributed by atoms with Crippen molar-refractivity contribution in [1.82, 2.24) is 14.1 Å². The Labute approximate surface area is 424 Å². The first-order valence-electron chi connectivity index (χ1n) is 25.3. The van der Waals surface area contributed by atoms with Crippen molar-refractivity contribution in [3.63, 3.8) is 0 Å². The van der Waals surface area contributed by atoms with E-state index in [0.29, 0.717) is 0 Å². The van der Waals surface area contributed by atoms with Gasteiger partial charge in [0.05, 0.1) is 22.1 Å². The summed E-state index contributed by atoms with van der Waals surface area (Å²) in [7, 11) is 0. The molecule has 0 radical (unpaired) electrons. The van der Waals surface area contributed by atoms with Crippen molar-refractivity contribution < 1.29 is 0 Å². The topological polar surface area (TPSA) is 22.8 Å². The molecule has 3 heterocycles. The number of fused-ring (bicyclic) bond motifs is 8. The fourth-order valence-electron chi connectivity index (χ4n) is 12.2. The van der Waals surface area contributed by atoms with E-state index in [-0.39, 0.29) is 0 Å². The summed E-state index contributed by atoms with van der Waals surface area (Å²) in [5.41, 5.74) is 22.0. The van der Waals surface area contributed by atoms with Crippen LogP contribution in [0.1, 0.15) is 17.0 Å². The molecule has 3 nitrogen and oxygen atoms in total. The Morgan fingerprint density at radius 3 is 1.08 bits per heavy atom. The van der Waals surface area contributed by atoms with Gasteiger partial charge in [0.2, 0.25) is 0 Å². The molecule has 0 saturated carbocycles. The van der Waals surface area contributed by atoms with Gasteiger partial charge in [0.25, 0.3) is 0 Å². The Morgan fingerprint density at radius 1 is 0.274 bits per heavy atom. The third-order valence-electron chi connectivity index (χ3n) is 15.3. The Morgan fingerprint density at radius 2 is 0.630 bits per heavy atom. The van der Waals surface area contributed by atoms with Gasteiger partial charge in [-0.25, -0.2) is 0 Å². The number of para-hydroxylation sites is 4. The second kappa shape index (κ2) is 16.9. The molecule has 0 amide bonds. The number of hydrogen-bond acceptors (Lipinski definition) is 1. The average molecular weight is 932 g/mol. The highest BCUT2D eigenvalue weighted by molar-refractivity contribution is 6.11. The zero-order valence-corrected chi connectivity index (χ0v) is 40.9. The molecule has 3 aromatic heterocycles. The molecule has 73 heavy (non-hydrogen) atoms. The highest BCUT2D eigenvalue weighted by atomic mass is 15.0. The number of pyridine rings is 1. The lowest BCUT2D eigenvalue weighted by Gasteiger charge is -2.20. The van der Waals surface area contributed by atoms with E-state index in [2.05, 4.69) is 273 Å². The number of benzene rings is 11. The molecule has 0 spiro atoms. The van der Waals surface area contributed by atoms with Crippen molar-refractivity contribution >= 4 is 65.2 Å². The molecular formula is C70H49N3. The first-order valence-corrected chi connectivity index (χ1v) is 25.3. The van der Waals surface area contributed by atoms with Gasteiger partial charge in [0, 0.05) is 55.4 Å². The predicted molar refractivity (Wildman–Crippen MR) is 309 cm³/mol. The van der Waals surface area contributed by atoms with Crippen molar-refractivity contribution in [2.24, 2.45) is 0 Å². The molecule has 0 aliphatic carbocycles. The Hall–Kier alpha value is -9.31. The maximum Gasteiger partial charge on any atom is 0.0541 e. The zero-order valence-electron chi connectivity index (χ0n) is 40.9. The number of hydrogen-bond donors (Lipinski definition) is 0. The highest BCUT2D eigenvalue weighted by Gasteiger charge is 2.21. The van der Waals surface area contributed by atoms with E-state index >= 15 is 0 Å². The number of nitrogens with zero attached hydrogens (tertiary/aromatic N) is 3. The maximum absolute atomic E-state index is 5.35. The maximum atomic E-state index is 5.35. The van der Waals surface area contributed by atoms with E-state index in [1.807, 2.05) is 0 Å². The van der Waals surface area contributed by atoms with E-state index < -0.39 is 0 Å². The van der Waals surface area contributed by atoms with Crippen LogP contribution in [0.15, 0.2) is 243 Å². The second-order valence-corrected chi connectivity index (χ2v) is 19.6. The Kier molecular flexibility index (Phi) is 9.87. The standard InChI is InChI=1S/C70H49N3/c1-44-69(45(2)71-46(3)70(44)54-39-52(59-28-16-20-48-18-4-6-22-57(48)59)38-53(40-54)60-29-17-21-49-19-5-7-23-58(49)60)50-36-34-47(35-37-50)51-41-55(72-65-30-12-8-24-61(65)62-25-9-13-31-66(62)72)43-56(42-51)73-67-32-14-10-26-63(67)64-27-11-15-33-68(64)73/h4-43H,1-3H3. The van der Waals surface area contributed by atoms with Crippen LogP contribution in [0.3, 0.4) is 0 Å². The van der Waals surface area contributed by atoms with Crippen LogP contribution >= 0.6 is 0 Å². The zero-order chi connectivity index (χ0) is 48.7. The monoisotopic (exact) mass is 931 g/mol. The number of rotatable bonds is 7. The van der Waals surface area contributed by atoms with Gasteiger partial charge in [-0.05, 0) is 153 Å². The van der Waals surface area contributed by atoms with Crippen molar-refractivity contribution in [3.05, 3.63) is 260 Å². The first kappa shape index (κ1) is 42.6. The Bertz CT molecular complexity index is 4180. The van der Waals surface area contributed by atoms with Gasteiger partial charge in [-0.2, -0.15) is 0 Å². The van der Waals surface area contributed by atoms with Crippen molar-refractivity contribution in [2.75, 3.05) is 0 Å². The van der Waals surface area contributed by atoms with E-state index in [9.17, 15) is 0 Å². The molecule has 11 aromatic carbocycles. The Balaban J connectivity index is 0.939. The van der Waals surface area contributed by atoms with Crippen molar-refractivity contribution in [3.8, 4) is 67.0 Å². The van der Waals surface area contributed by atoms with Gasteiger partial charge in [0.1, 0.15) is 0 Å². The summed E-state index contributed by atoms with van der Waals surface area (Å²) in [6.45, 7) is 6.62. The second-order valence-electron chi connectivity index (χ2n) is 19.6. The molecule has 0 fully saturated rings. The fraction of sp³-hybridized carbons (Fsp3) is 0.0429. The van der Waals surface area contributed by atoms with Gasteiger partial charge in [-0.1, -0.05) is 182 Å². The summed E-state index contributed by atoms with van der Waals surface area (Å²) < 4.78 is 4.88. The van der Waals surface area contributed by atoms with E-state index in [1.54, 1.807) is 0 Å². The molecule has 14 rings (SSSR count). The van der Waals surface area contributed by atoms with E-state index in [0.717, 1.165) is 45.0 Å². The normalized spacial score (nSPS) is 11.8. The molecular weight excluding hydrogens is 883 g/mol. The third kappa shape index (κ3) is 6.92. The van der Waals surface area contributed by atoms with Gasteiger partial charge in [0.15, 0.2) is 0 Å². The molecule has 344 valence electrons. The molecule has 0 aliphatic rings. The van der Waals surface area contributed by atoms with Crippen LogP contribution in [0.25, 0.3) is 132 Å². The molecule has 14 aromatic rings. The van der Waals surface area contributed by atoms with Crippen LogP contribution in [0.2, 0.25) is 0 Å². The molecule has 0 saturated heterocycles. The number of aromatic nitrogens is 3. The average Bonchev–Trinajstić information content (AvgIpc) is 3.96. The van der Waals surface area contributed by atoms with Gasteiger partial charge >= 0.3 is 0 Å². The molecule has 0 atom stereocenters. The SMILES string of the molecule is Cc1nc(C)c(-c2cc(-c3cccc4ccccc34)cc(-c3cccc4ccccc34)c2)c(C)c1-c1ccc(-c2cc(-n3c4ccccc4c4ccccc43)cc(-n3c4ccccc4c4ccccc43)c2)cc1. The summed E-state index contributed by atoms with van der Waals surface area (Å²) in [5.74, 6) is 0. The van der Waals surface area contributed by atoms with Crippen molar-refractivity contribution in [1.29, 1.82) is 0 Å². The lowest BCUT2D eigenvalue weighted by molar-refractivity contribution is 1.11. The summed E-state index contributed by atoms with van der Waals surface area (Å²) in [6, 6.07) is 89.3. The van der Waals surface area contributed by atoms with Gasteiger partial charge < -0.3 is 9.13 Å². The van der Waals surface area contributed by atoms with Crippen LogP contribution in [0, 0.1) is 20.8 Å². The van der Waals surface area contributed by atoms with E-state index in [1.165, 1.54) is 104 Å². The minimum atomic E-state index is 1.02. The van der Waals surface area contributed by atoms with Crippen LogP contribution in [0.5, 0.6) is 0 Å². The highest BCUT2D eigenvalue weighted by Crippen LogP contribution is 2.43. The summed E-state index contributed by atoms with van der Waals surface area (Å²) >= 11 is 0. The molecule has 3 heteroatoms. The molecule has 0 bridgehead atoms. The fourth-order valence-corrected chi connectivity index (χ4v) is 12.2. The lowest BCUT2D eigenvalue weighted by Crippen LogP contribution is -2.01. The summed E-state index contributed by atoms with van der Waals surface area (Å²) in [5, 5.41) is 9.92. The van der Waals surface area contributed by atoms with Crippen LogP contribution in [0.4, 0.5) is 0 Å². The molecule has 0 unspecified atom stereocenters. The first-order chi connectivity index (χ1) is 35.9. The lowest BCUT2D eigenvalue weighted by atomic mass is 9.86. The quantitative estimate of drug-likeness (QED) is 0.156. The number of aryl methyl sites for hydroxylation is 2. The third-order valence-corrected chi connectivity index (χ3v) is 15.3. The van der Waals surface area contributed by atoms with Crippen molar-refractivity contribution in [2.45, 2.75) is 20.8 Å². The predicted octanol–water partition coefficient (Wildman–Crippen LogP) is 18.8. The summed E-state index contributed by atoms with van der Waals surface area (Å²) in [6.07, 6.45) is 0. The smallest absolute Gasteiger partial charge is 0.0541 e. The van der Waals surface area contributed by atoms with Gasteiger partial charge in [-0.15, -0.1) is 0 Å². The van der Waals surface area contributed by atoms with Gasteiger partial charge in [-0.3, -0.25) is 4.98 Å². The van der Waals surface area contributed by atoms with Crippen LogP contribution < -0.4 is 0 Å².